The number of aromatic nitrogens is 1. The lowest BCUT2D eigenvalue weighted by atomic mass is 9.75. The number of hydrogen-bond acceptors (Lipinski definition) is 3. The number of fused-ring (bicyclic) bond motifs is 3. The Hall–Kier alpha value is -2.14. The van der Waals surface area contributed by atoms with Crippen molar-refractivity contribution >= 4 is 10.9 Å². The minimum atomic E-state index is -0.890. The molecule has 3 atom stereocenters. The summed E-state index contributed by atoms with van der Waals surface area (Å²) >= 11 is 0. The molecule has 0 bridgehead atoms. The number of aliphatic hydroxyl groups is 1. The second-order valence-corrected chi connectivity index (χ2v) is 8.51. The summed E-state index contributed by atoms with van der Waals surface area (Å²) in [6, 6.07) is 18.6. The second-order valence-electron chi connectivity index (χ2n) is 8.51. The van der Waals surface area contributed by atoms with Crippen molar-refractivity contribution in [2.24, 2.45) is 5.92 Å². The molecule has 3 aromatic rings. The van der Waals surface area contributed by atoms with Crippen LogP contribution in [0.2, 0.25) is 0 Å². The van der Waals surface area contributed by atoms with Crippen molar-refractivity contribution in [3.05, 3.63) is 71.4 Å². The van der Waals surface area contributed by atoms with Gasteiger partial charge in [0.25, 0.3) is 0 Å². The van der Waals surface area contributed by atoms with Crippen LogP contribution >= 0.6 is 0 Å². The van der Waals surface area contributed by atoms with E-state index in [9.17, 15) is 5.11 Å². The molecular weight excluding hydrogens is 360 g/mol. The molecule has 0 aliphatic carbocycles. The fourth-order valence-electron chi connectivity index (χ4n) is 4.91. The molecule has 154 valence electrons. The molecule has 2 heterocycles. The number of aromatic amines is 1. The lowest BCUT2D eigenvalue weighted by Crippen LogP contribution is -2.41. The van der Waals surface area contributed by atoms with Crippen molar-refractivity contribution in [1.29, 1.82) is 0 Å². The number of para-hydroxylation sites is 1. The van der Waals surface area contributed by atoms with Gasteiger partial charge in [-0.1, -0.05) is 55.5 Å². The predicted octanol–water partition coefficient (Wildman–Crippen LogP) is 4.65. The molecule has 2 N–H and O–H groups in total. The Labute approximate surface area is 173 Å². The van der Waals surface area contributed by atoms with Crippen LogP contribution in [0.25, 0.3) is 10.9 Å². The normalized spacial score (nSPS) is 19.8. The van der Waals surface area contributed by atoms with Gasteiger partial charge in [-0.25, -0.2) is 0 Å². The van der Waals surface area contributed by atoms with E-state index in [4.69, 9.17) is 4.74 Å². The topological polar surface area (TPSA) is 48.5 Å². The van der Waals surface area contributed by atoms with E-state index in [0.29, 0.717) is 6.42 Å². The summed E-state index contributed by atoms with van der Waals surface area (Å²) in [5.74, 6) is 0.0484. The summed E-state index contributed by atoms with van der Waals surface area (Å²) in [5, 5.41) is 13.1. The molecule has 1 aliphatic heterocycles. The smallest absolute Gasteiger partial charge is 0.0980 e. The van der Waals surface area contributed by atoms with Gasteiger partial charge in [0, 0.05) is 29.1 Å². The standard InChI is InChI=1S/C25H32N2O2/c1-4-25(28,18-10-6-5-7-11-18)19(17-27(2)3)16-23-24-21(14-15-29-23)20-12-8-9-13-22(20)26-24/h5-13,19,23,26,28H,4,14-17H2,1-3H3. The van der Waals surface area contributed by atoms with E-state index in [0.717, 1.165) is 31.6 Å². The van der Waals surface area contributed by atoms with E-state index in [1.54, 1.807) is 0 Å². The van der Waals surface area contributed by atoms with Gasteiger partial charge in [-0.3, -0.25) is 0 Å². The summed E-state index contributed by atoms with van der Waals surface area (Å²) in [4.78, 5) is 5.78. The lowest BCUT2D eigenvalue weighted by molar-refractivity contribution is -0.0688. The molecule has 0 saturated carbocycles. The van der Waals surface area contributed by atoms with Crippen LogP contribution < -0.4 is 0 Å². The first-order valence-corrected chi connectivity index (χ1v) is 10.7. The molecule has 29 heavy (non-hydrogen) atoms. The van der Waals surface area contributed by atoms with Crippen LogP contribution in [0.4, 0.5) is 0 Å². The molecule has 0 fully saturated rings. The predicted molar refractivity (Wildman–Crippen MR) is 118 cm³/mol. The summed E-state index contributed by atoms with van der Waals surface area (Å²) < 4.78 is 6.26. The maximum absolute atomic E-state index is 11.8. The third-order valence-electron chi connectivity index (χ3n) is 6.41. The molecule has 3 unspecified atom stereocenters. The van der Waals surface area contributed by atoms with Gasteiger partial charge in [0.1, 0.15) is 0 Å². The van der Waals surface area contributed by atoms with Gasteiger partial charge < -0.3 is 19.7 Å². The van der Waals surface area contributed by atoms with Crippen LogP contribution in [-0.4, -0.2) is 42.2 Å². The summed E-state index contributed by atoms with van der Waals surface area (Å²) in [7, 11) is 4.15. The molecular formula is C25H32N2O2. The van der Waals surface area contributed by atoms with Crippen molar-refractivity contribution in [2.45, 2.75) is 37.9 Å². The van der Waals surface area contributed by atoms with E-state index in [2.05, 4.69) is 55.2 Å². The fraction of sp³-hybridized carbons (Fsp3) is 0.440. The highest BCUT2D eigenvalue weighted by molar-refractivity contribution is 5.85. The monoisotopic (exact) mass is 392 g/mol. The van der Waals surface area contributed by atoms with Gasteiger partial charge in [-0.05, 0) is 50.6 Å². The van der Waals surface area contributed by atoms with Crippen molar-refractivity contribution in [2.75, 3.05) is 27.2 Å². The van der Waals surface area contributed by atoms with Crippen LogP contribution in [0.5, 0.6) is 0 Å². The Kier molecular flexibility index (Phi) is 5.77. The Morgan fingerprint density at radius 2 is 1.86 bits per heavy atom. The van der Waals surface area contributed by atoms with Gasteiger partial charge in [0.2, 0.25) is 0 Å². The number of benzene rings is 2. The van der Waals surface area contributed by atoms with Crippen LogP contribution in [0, 0.1) is 5.92 Å². The molecule has 0 amide bonds. The first kappa shape index (κ1) is 20.1. The second kappa shape index (κ2) is 8.31. The minimum Gasteiger partial charge on any atom is -0.385 e. The highest BCUT2D eigenvalue weighted by atomic mass is 16.5. The van der Waals surface area contributed by atoms with E-state index in [-0.39, 0.29) is 12.0 Å². The zero-order chi connectivity index (χ0) is 20.4. The quantitative estimate of drug-likeness (QED) is 0.615. The Morgan fingerprint density at radius 3 is 2.59 bits per heavy atom. The van der Waals surface area contributed by atoms with Crippen LogP contribution in [0.3, 0.4) is 0 Å². The number of H-pyrrole nitrogens is 1. The number of hydrogen-bond donors (Lipinski definition) is 2. The highest BCUT2D eigenvalue weighted by Crippen LogP contribution is 2.42. The molecule has 0 radical (unpaired) electrons. The van der Waals surface area contributed by atoms with Crippen molar-refractivity contribution in [1.82, 2.24) is 9.88 Å². The molecule has 1 aliphatic rings. The highest BCUT2D eigenvalue weighted by Gasteiger charge is 2.40. The number of ether oxygens (including phenoxy) is 1. The SMILES string of the molecule is CCC(O)(c1ccccc1)C(CC1OCCc2c1[nH]c1ccccc21)CN(C)C. The van der Waals surface area contributed by atoms with E-state index in [1.807, 2.05) is 30.3 Å². The minimum absolute atomic E-state index is 0.0297. The zero-order valence-electron chi connectivity index (χ0n) is 17.7. The third-order valence-corrected chi connectivity index (χ3v) is 6.41. The summed E-state index contributed by atoms with van der Waals surface area (Å²) in [6.07, 6.45) is 2.35. The summed E-state index contributed by atoms with van der Waals surface area (Å²) in [5.41, 5.74) is 3.83. The Balaban J connectivity index is 1.70. The van der Waals surface area contributed by atoms with Gasteiger partial charge in [0.15, 0.2) is 0 Å². The number of nitrogens with one attached hydrogen (secondary N) is 1. The zero-order valence-corrected chi connectivity index (χ0v) is 17.7. The van der Waals surface area contributed by atoms with Crippen LogP contribution in [-0.2, 0) is 16.8 Å². The van der Waals surface area contributed by atoms with Crippen LogP contribution in [0.1, 0.15) is 42.7 Å². The summed E-state index contributed by atoms with van der Waals surface area (Å²) in [6.45, 7) is 3.60. The molecule has 0 saturated heterocycles. The van der Waals surface area contributed by atoms with Crippen LogP contribution in [0.15, 0.2) is 54.6 Å². The Bertz CT molecular complexity index is 950. The van der Waals surface area contributed by atoms with Crippen molar-refractivity contribution in [3.63, 3.8) is 0 Å². The maximum atomic E-state index is 11.8. The van der Waals surface area contributed by atoms with E-state index in [1.165, 1.54) is 22.2 Å². The van der Waals surface area contributed by atoms with Crippen molar-refractivity contribution in [3.8, 4) is 0 Å². The fourth-order valence-corrected chi connectivity index (χ4v) is 4.91. The average molecular weight is 393 g/mol. The first-order chi connectivity index (χ1) is 14.0. The third kappa shape index (κ3) is 3.85. The number of rotatable bonds is 7. The number of nitrogens with zero attached hydrogens (tertiary/aromatic N) is 1. The maximum Gasteiger partial charge on any atom is 0.0980 e. The van der Waals surface area contributed by atoms with Gasteiger partial charge in [-0.2, -0.15) is 0 Å². The van der Waals surface area contributed by atoms with Gasteiger partial charge >= 0.3 is 0 Å². The van der Waals surface area contributed by atoms with Crippen molar-refractivity contribution < 1.29 is 9.84 Å². The molecule has 4 rings (SSSR count). The largest absolute Gasteiger partial charge is 0.385 e. The lowest BCUT2D eigenvalue weighted by Gasteiger charge is -2.40. The molecule has 1 aromatic heterocycles. The molecule has 4 heteroatoms. The van der Waals surface area contributed by atoms with E-state index >= 15 is 0 Å². The molecule has 4 nitrogen and oxygen atoms in total. The molecule has 0 spiro atoms. The Morgan fingerprint density at radius 1 is 1.14 bits per heavy atom. The van der Waals surface area contributed by atoms with Gasteiger partial charge in [0.05, 0.1) is 18.3 Å². The van der Waals surface area contributed by atoms with Gasteiger partial charge in [-0.15, -0.1) is 0 Å². The first-order valence-electron chi connectivity index (χ1n) is 10.7. The average Bonchev–Trinajstić information content (AvgIpc) is 3.13. The molecule has 2 aromatic carbocycles. The van der Waals surface area contributed by atoms with E-state index < -0.39 is 5.60 Å².